The zero-order chi connectivity index (χ0) is 17.3. The molecule has 0 spiro atoms. The van der Waals surface area contributed by atoms with Gasteiger partial charge in [0.05, 0.1) is 16.9 Å². The lowest BCUT2D eigenvalue weighted by molar-refractivity contribution is 0.240. The number of hydrogen-bond acceptors (Lipinski definition) is 4. The second-order valence-corrected chi connectivity index (χ2v) is 6.70. The molecule has 0 N–H and O–H groups in total. The van der Waals surface area contributed by atoms with Crippen LogP contribution in [0.3, 0.4) is 0 Å². The molecule has 0 saturated carbocycles. The Morgan fingerprint density at radius 3 is 2.77 bits per heavy atom. The topological polar surface area (TPSA) is 46.3 Å². The Bertz CT molecular complexity index is 1020. The highest BCUT2D eigenvalue weighted by molar-refractivity contribution is 5.54. The van der Waals surface area contributed by atoms with Gasteiger partial charge in [-0.1, -0.05) is 36.4 Å². The van der Waals surface area contributed by atoms with Gasteiger partial charge in [0.25, 0.3) is 0 Å². The Hall–Kier alpha value is -3.05. The predicted octanol–water partition coefficient (Wildman–Crippen LogP) is 3.35. The molecule has 128 valence electrons. The molecule has 1 aliphatic rings. The van der Waals surface area contributed by atoms with Gasteiger partial charge in [-0.15, -0.1) is 0 Å². The Labute approximate surface area is 152 Å². The van der Waals surface area contributed by atoms with Gasteiger partial charge in [0.2, 0.25) is 0 Å². The third-order valence-corrected chi connectivity index (χ3v) is 4.85. The first-order valence-electron chi connectivity index (χ1n) is 8.91. The van der Waals surface area contributed by atoms with Gasteiger partial charge in [0.1, 0.15) is 0 Å². The molecule has 4 heterocycles. The maximum atomic E-state index is 4.80. The molecule has 0 saturated heterocycles. The number of fused-ring (bicyclic) bond motifs is 2. The number of hydrogen-bond donors (Lipinski definition) is 0. The average molecular weight is 341 g/mol. The third-order valence-electron chi connectivity index (χ3n) is 4.85. The molecule has 5 rings (SSSR count). The number of benzene rings is 1. The van der Waals surface area contributed by atoms with Crippen molar-refractivity contribution in [3.8, 4) is 11.4 Å². The summed E-state index contributed by atoms with van der Waals surface area (Å²) in [5.41, 5.74) is 5.70. The molecule has 0 amide bonds. The quantitative estimate of drug-likeness (QED) is 0.573. The molecule has 0 bridgehead atoms. The van der Waals surface area contributed by atoms with E-state index in [1.54, 1.807) is 0 Å². The average Bonchev–Trinajstić information content (AvgIpc) is 3.10. The van der Waals surface area contributed by atoms with E-state index in [1.165, 1.54) is 11.3 Å². The molecule has 5 heteroatoms. The van der Waals surface area contributed by atoms with Crippen LogP contribution in [0.1, 0.15) is 17.0 Å². The van der Waals surface area contributed by atoms with E-state index >= 15 is 0 Å². The first-order valence-corrected chi connectivity index (χ1v) is 8.91. The first kappa shape index (κ1) is 15.2. The van der Waals surface area contributed by atoms with Crippen molar-refractivity contribution in [1.29, 1.82) is 0 Å². The summed E-state index contributed by atoms with van der Waals surface area (Å²) in [7, 11) is 0. The number of aromatic nitrogens is 4. The minimum Gasteiger partial charge on any atom is -0.293 e. The van der Waals surface area contributed by atoms with E-state index < -0.39 is 0 Å². The Morgan fingerprint density at radius 1 is 1.00 bits per heavy atom. The summed E-state index contributed by atoms with van der Waals surface area (Å²) in [4.78, 5) is 11.8. The Balaban J connectivity index is 1.35. The summed E-state index contributed by atoms with van der Waals surface area (Å²) >= 11 is 0. The molecule has 5 nitrogen and oxygen atoms in total. The SMILES string of the molecule is c1ccc(-c2ncc3c(n2)CCN(Cc2cc4ccccn4n2)C3)cc1. The fraction of sp³-hybridized carbons (Fsp3) is 0.190. The summed E-state index contributed by atoms with van der Waals surface area (Å²) in [6.45, 7) is 2.71. The second-order valence-electron chi connectivity index (χ2n) is 6.70. The zero-order valence-corrected chi connectivity index (χ0v) is 14.4. The predicted molar refractivity (Wildman–Crippen MR) is 100 cm³/mol. The third kappa shape index (κ3) is 2.86. The van der Waals surface area contributed by atoms with Crippen LogP contribution in [0, 0.1) is 0 Å². The van der Waals surface area contributed by atoms with Crippen LogP contribution in [0.4, 0.5) is 0 Å². The van der Waals surface area contributed by atoms with E-state index in [1.807, 2.05) is 47.2 Å². The van der Waals surface area contributed by atoms with Gasteiger partial charge in [-0.25, -0.2) is 14.5 Å². The van der Waals surface area contributed by atoms with Crippen molar-refractivity contribution in [2.24, 2.45) is 0 Å². The highest BCUT2D eigenvalue weighted by atomic mass is 15.2. The normalized spacial score (nSPS) is 14.5. The van der Waals surface area contributed by atoms with Crippen molar-refractivity contribution < 1.29 is 0 Å². The summed E-state index contributed by atoms with van der Waals surface area (Å²) in [5, 5.41) is 4.66. The highest BCUT2D eigenvalue weighted by Crippen LogP contribution is 2.22. The van der Waals surface area contributed by atoms with Crippen molar-refractivity contribution in [3.05, 3.63) is 83.9 Å². The number of rotatable bonds is 3. The minimum absolute atomic E-state index is 0.818. The van der Waals surface area contributed by atoms with Gasteiger partial charge in [-0.05, 0) is 18.2 Å². The largest absolute Gasteiger partial charge is 0.293 e. The van der Waals surface area contributed by atoms with E-state index in [0.29, 0.717) is 0 Å². The lowest BCUT2D eigenvalue weighted by atomic mass is 10.1. The fourth-order valence-electron chi connectivity index (χ4n) is 3.53. The van der Waals surface area contributed by atoms with Gasteiger partial charge in [0, 0.05) is 49.6 Å². The highest BCUT2D eigenvalue weighted by Gasteiger charge is 2.19. The van der Waals surface area contributed by atoms with Crippen LogP contribution in [-0.2, 0) is 19.5 Å². The number of pyridine rings is 1. The lowest BCUT2D eigenvalue weighted by Crippen LogP contribution is -2.31. The van der Waals surface area contributed by atoms with Crippen LogP contribution in [0.2, 0.25) is 0 Å². The standard InChI is InChI=1S/C21H19N5/c1-2-6-16(7-3-1)21-22-13-17-14-25(11-9-20(17)23-21)15-18-12-19-8-4-5-10-26(19)24-18/h1-8,10,12-13H,9,11,14-15H2. The van der Waals surface area contributed by atoms with E-state index in [0.717, 1.165) is 48.7 Å². The van der Waals surface area contributed by atoms with Gasteiger partial charge >= 0.3 is 0 Å². The van der Waals surface area contributed by atoms with Crippen LogP contribution < -0.4 is 0 Å². The van der Waals surface area contributed by atoms with Crippen molar-refractivity contribution in [1.82, 2.24) is 24.5 Å². The van der Waals surface area contributed by atoms with Crippen molar-refractivity contribution in [2.45, 2.75) is 19.5 Å². The molecule has 3 aromatic heterocycles. The van der Waals surface area contributed by atoms with Crippen molar-refractivity contribution in [3.63, 3.8) is 0 Å². The van der Waals surface area contributed by atoms with Crippen LogP contribution in [0.15, 0.2) is 67.0 Å². The molecule has 0 radical (unpaired) electrons. The molecule has 26 heavy (non-hydrogen) atoms. The lowest BCUT2D eigenvalue weighted by Gasteiger charge is -2.27. The molecular formula is C21H19N5. The minimum atomic E-state index is 0.818. The van der Waals surface area contributed by atoms with E-state index in [2.05, 4.69) is 39.2 Å². The second kappa shape index (κ2) is 6.35. The molecule has 1 aliphatic heterocycles. The molecule has 0 unspecified atom stereocenters. The maximum Gasteiger partial charge on any atom is 0.159 e. The van der Waals surface area contributed by atoms with Crippen LogP contribution in [0.25, 0.3) is 16.9 Å². The zero-order valence-electron chi connectivity index (χ0n) is 14.4. The number of nitrogens with zero attached hydrogens (tertiary/aromatic N) is 5. The molecule has 4 aromatic rings. The molecule has 0 atom stereocenters. The van der Waals surface area contributed by atoms with E-state index in [4.69, 9.17) is 4.98 Å². The summed E-state index contributed by atoms with van der Waals surface area (Å²) in [6, 6.07) is 18.5. The van der Waals surface area contributed by atoms with Crippen molar-refractivity contribution >= 4 is 5.52 Å². The fourth-order valence-corrected chi connectivity index (χ4v) is 3.53. The summed E-state index contributed by atoms with van der Waals surface area (Å²) < 4.78 is 1.93. The van der Waals surface area contributed by atoms with Gasteiger partial charge in [-0.2, -0.15) is 5.10 Å². The Morgan fingerprint density at radius 2 is 1.88 bits per heavy atom. The van der Waals surface area contributed by atoms with Crippen LogP contribution in [0.5, 0.6) is 0 Å². The van der Waals surface area contributed by atoms with Crippen molar-refractivity contribution in [2.75, 3.05) is 6.54 Å². The van der Waals surface area contributed by atoms with Crippen LogP contribution >= 0.6 is 0 Å². The van der Waals surface area contributed by atoms with Crippen LogP contribution in [-0.4, -0.2) is 31.0 Å². The monoisotopic (exact) mass is 341 g/mol. The van der Waals surface area contributed by atoms with Gasteiger partial charge in [0.15, 0.2) is 5.82 Å². The molecule has 0 aliphatic carbocycles. The smallest absolute Gasteiger partial charge is 0.159 e. The maximum absolute atomic E-state index is 4.80. The molecular weight excluding hydrogens is 322 g/mol. The first-order chi connectivity index (χ1) is 12.8. The summed E-state index contributed by atoms with van der Waals surface area (Å²) in [5.74, 6) is 0.818. The van der Waals surface area contributed by atoms with E-state index in [-0.39, 0.29) is 0 Å². The summed E-state index contributed by atoms with van der Waals surface area (Å²) in [6.07, 6.45) is 4.93. The molecule has 0 fully saturated rings. The Kier molecular flexibility index (Phi) is 3.72. The van der Waals surface area contributed by atoms with E-state index in [9.17, 15) is 0 Å². The van der Waals surface area contributed by atoms with Gasteiger partial charge in [-0.3, -0.25) is 4.90 Å². The molecule has 1 aromatic carbocycles. The van der Waals surface area contributed by atoms with Gasteiger partial charge < -0.3 is 0 Å².